The number of ether oxygens (including phenoxy) is 1. The lowest BCUT2D eigenvalue weighted by atomic mass is 10.1. The molecule has 0 aliphatic carbocycles. The Hall–Kier alpha value is -1.22. The molecule has 0 aromatic heterocycles. The van der Waals surface area contributed by atoms with Gasteiger partial charge in [-0.3, -0.25) is 0 Å². The number of hydrogen-bond donors (Lipinski definition) is 0. The fraction of sp³-hybridized carbons (Fsp3) is 0.471. The van der Waals surface area contributed by atoms with Crippen molar-refractivity contribution in [2.45, 2.75) is 26.2 Å². The highest BCUT2D eigenvalue weighted by atomic mass is 32.2. The average Bonchev–Trinajstić information content (AvgIpc) is 2.53. The summed E-state index contributed by atoms with van der Waals surface area (Å²) in [5.41, 5.74) is 1.15. The summed E-state index contributed by atoms with van der Waals surface area (Å²) in [5.74, 6) is 0.975. The maximum Gasteiger partial charge on any atom is 0.238 e. The lowest BCUT2D eigenvalue weighted by molar-refractivity contribution is -0.534. The zero-order valence-electron chi connectivity index (χ0n) is 12.5. The van der Waals surface area contributed by atoms with E-state index in [4.69, 9.17) is 4.74 Å². The molecule has 0 amide bonds. The number of rotatable bonds is 4. The number of piperidine rings is 1. The van der Waals surface area contributed by atoms with Gasteiger partial charge in [0.15, 0.2) is 0 Å². The summed E-state index contributed by atoms with van der Waals surface area (Å²) in [5, 5.41) is 1.32. The van der Waals surface area contributed by atoms with Crippen molar-refractivity contribution >= 4 is 22.6 Å². The van der Waals surface area contributed by atoms with Gasteiger partial charge in [0.25, 0.3) is 0 Å². The number of hydrogen-bond acceptors (Lipinski definition) is 2. The number of benzene rings is 1. The van der Waals surface area contributed by atoms with Crippen LogP contribution in [0, 0.1) is 0 Å². The van der Waals surface area contributed by atoms with Crippen LogP contribution in [0.2, 0.25) is 0 Å². The van der Waals surface area contributed by atoms with Crippen LogP contribution < -0.4 is 0 Å². The van der Waals surface area contributed by atoms with Crippen LogP contribution in [-0.2, 0) is 4.74 Å². The van der Waals surface area contributed by atoms with E-state index in [0.717, 1.165) is 11.3 Å². The molecule has 0 N–H and O–H groups in total. The van der Waals surface area contributed by atoms with Gasteiger partial charge in [0.2, 0.25) is 5.04 Å². The Kier molecular flexibility index (Phi) is 6.19. The minimum absolute atomic E-state index is 0.697. The fourth-order valence-corrected chi connectivity index (χ4v) is 3.14. The number of thioether (sulfide) groups is 1. The van der Waals surface area contributed by atoms with E-state index in [0.29, 0.717) is 6.61 Å². The molecule has 1 heterocycles. The Morgan fingerprint density at radius 2 is 1.90 bits per heavy atom. The summed E-state index contributed by atoms with van der Waals surface area (Å²) in [7, 11) is 0. The molecule has 1 aromatic rings. The molecule has 0 atom stereocenters. The first-order valence-electron chi connectivity index (χ1n) is 7.41. The predicted molar refractivity (Wildman–Crippen MR) is 88.4 cm³/mol. The van der Waals surface area contributed by atoms with E-state index in [-0.39, 0.29) is 0 Å². The molecule has 20 heavy (non-hydrogen) atoms. The van der Waals surface area contributed by atoms with Crippen LogP contribution in [0.5, 0.6) is 0 Å². The van der Waals surface area contributed by atoms with E-state index in [1.165, 1.54) is 37.4 Å². The van der Waals surface area contributed by atoms with Gasteiger partial charge in [-0.25, -0.2) is 4.58 Å². The first kappa shape index (κ1) is 15.2. The van der Waals surface area contributed by atoms with Crippen LogP contribution in [0.3, 0.4) is 0 Å². The van der Waals surface area contributed by atoms with E-state index < -0.39 is 0 Å². The van der Waals surface area contributed by atoms with Crippen molar-refractivity contribution in [3.8, 4) is 0 Å². The molecule has 108 valence electrons. The van der Waals surface area contributed by atoms with Gasteiger partial charge < -0.3 is 4.74 Å². The van der Waals surface area contributed by atoms with Crippen molar-refractivity contribution in [3.63, 3.8) is 0 Å². The van der Waals surface area contributed by atoms with Gasteiger partial charge in [0.1, 0.15) is 18.8 Å². The Balaban J connectivity index is 2.31. The summed E-state index contributed by atoms with van der Waals surface area (Å²) in [6, 6.07) is 10.4. The minimum atomic E-state index is 0.697. The third-order valence-corrected chi connectivity index (χ3v) is 4.28. The molecule has 1 saturated heterocycles. The zero-order chi connectivity index (χ0) is 14.2. The van der Waals surface area contributed by atoms with Crippen molar-refractivity contribution in [2.24, 2.45) is 0 Å². The van der Waals surface area contributed by atoms with Crippen molar-refractivity contribution in [3.05, 3.63) is 42.0 Å². The van der Waals surface area contributed by atoms with Gasteiger partial charge in [-0.05, 0) is 19.6 Å². The van der Waals surface area contributed by atoms with Crippen molar-refractivity contribution in [2.75, 3.05) is 26.0 Å². The van der Waals surface area contributed by atoms with Crippen molar-refractivity contribution in [1.29, 1.82) is 0 Å². The monoisotopic (exact) mass is 290 g/mol. The molecule has 2 rings (SSSR count). The standard InChI is InChI=1S/C17H24NOS/c1-3-19-16(15-10-6-4-7-11-15)14-17(20-2)18-12-8-5-9-13-18/h4,6-7,10-11,14H,3,5,8-9,12-13H2,1-2H3/q+1/b16-14-. The fourth-order valence-electron chi connectivity index (χ4n) is 2.47. The topological polar surface area (TPSA) is 12.2 Å². The van der Waals surface area contributed by atoms with Gasteiger partial charge in [-0.2, -0.15) is 0 Å². The second-order valence-corrected chi connectivity index (χ2v) is 5.72. The molecule has 0 saturated carbocycles. The summed E-state index contributed by atoms with van der Waals surface area (Å²) in [6.07, 6.45) is 8.31. The molecule has 0 radical (unpaired) electrons. The SMILES string of the molecule is CCO/C(=C\C(SC)=[N+]1CCCCC1)c1ccccc1. The molecule has 0 spiro atoms. The second-order valence-electron chi connectivity index (χ2n) is 4.90. The van der Waals surface area contributed by atoms with E-state index in [1.54, 1.807) is 0 Å². The molecule has 1 aromatic carbocycles. The summed E-state index contributed by atoms with van der Waals surface area (Å²) in [4.78, 5) is 0. The first-order valence-corrected chi connectivity index (χ1v) is 8.63. The highest BCUT2D eigenvalue weighted by Gasteiger charge is 2.17. The minimum Gasteiger partial charge on any atom is -0.493 e. The van der Waals surface area contributed by atoms with E-state index in [9.17, 15) is 0 Å². The van der Waals surface area contributed by atoms with Crippen molar-refractivity contribution < 1.29 is 9.31 Å². The van der Waals surface area contributed by atoms with Crippen LogP contribution in [0.15, 0.2) is 36.4 Å². The predicted octanol–water partition coefficient (Wildman–Crippen LogP) is 4.02. The zero-order valence-corrected chi connectivity index (χ0v) is 13.3. The van der Waals surface area contributed by atoms with Gasteiger partial charge in [0, 0.05) is 18.4 Å². The molecule has 1 fully saturated rings. The highest BCUT2D eigenvalue weighted by Crippen LogP contribution is 2.18. The van der Waals surface area contributed by atoms with Crippen molar-refractivity contribution in [1.82, 2.24) is 0 Å². The van der Waals surface area contributed by atoms with Gasteiger partial charge in [-0.1, -0.05) is 42.1 Å². The molecule has 0 bridgehead atoms. The first-order chi connectivity index (χ1) is 9.85. The number of nitrogens with zero attached hydrogens (tertiary/aromatic N) is 1. The maximum atomic E-state index is 5.85. The third-order valence-electron chi connectivity index (χ3n) is 3.49. The van der Waals surface area contributed by atoms with Crippen LogP contribution >= 0.6 is 11.8 Å². The molecular weight excluding hydrogens is 266 g/mol. The lowest BCUT2D eigenvalue weighted by Gasteiger charge is -2.13. The van der Waals surface area contributed by atoms with Crippen LogP contribution in [0.4, 0.5) is 0 Å². The highest BCUT2D eigenvalue weighted by molar-refractivity contribution is 8.13. The molecule has 0 unspecified atom stereocenters. The summed E-state index contributed by atoms with van der Waals surface area (Å²) < 4.78 is 8.33. The Bertz CT molecular complexity index is 471. The lowest BCUT2D eigenvalue weighted by Crippen LogP contribution is -2.24. The van der Waals surface area contributed by atoms with Crippen LogP contribution in [0.25, 0.3) is 5.76 Å². The quantitative estimate of drug-likeness (QED) is 0.472. The van der Waals surface area contributed by atoms with Crippen LogP contribution in [0.1, 0.15) is 31.7 Å². The molecule has 1 aliphatic rings. The average molecular weight is 290 g/mol. The van der Waals surface area contributed by atoms with Crippen LogP contribution in [-0.4, -0.2) is 35.6 Å². The van der Waals surface area contributed by atoms with Gasteiger partial charge in [0.05, 0.1) is 12.7 Å². The maximum absolute atomic E-state index is 5.85. The smallest absolute Gasteiger partial charge is 0.238 e. The second kappa shape index (κ2) is 8.15. The Labute approximate surface area is 126 Å². The van der Waals surface area contributed by atoms with E-state index in [2.05, 4.69) is 41.2 Å². The van der Waals surface area contributed by atoms with Gasteiger partial charge >= 0.3 is 0 Å². The van der Waals surface area contributed by atoms with E-state index in [1.807, 2.05) is 24.8 Å². The third kappa shape index (κ3) is 4.14. The summed E-state index contributed by atoms with van der Waals surface area (Å²) in [6.45, 7) is 5.07. The Morgan fingerprint density at radius 1 is 1.20 bits per heavy atom. The molecule has 2 nitrogen and oxygen atoms in total. The summed E-state index contributed by atoms with van der Waals surface area (Å²) >= 11 is 1.81. The molecule has 3 heteroatoms. The van der Waals surface area contributed by atoms with E-state index >= 15 is 0 Å². The van der Waals surface area contributed by atoms with Gasteiger partial charge in [-0.15, -0.1) is 0 Å². The Morgan fingerprint density at radius 3 is 2.50 bits per heavy atom. The largest absolute Gasteiger partial charge is 0.493 e. The molecular formula is C17H24NOS+. The molecule has 1 aliphatic heterocycles. The normalized spacial score (nSPS) is 16.1.